The SMILES string of the molecule is CN(C)c1ccc(N2Cc3ccccc3C2)cc1. The summed E-state index contributed by atoms with van der Waals surface area (Å²) >= 11 is 0. The maximum Gasteiger partial charge on any atom is 0.0436 e. The second-order valence-corrected chi connectivity index (χ2v) is 5.04. The largest absolute Gasteiger partial charge is 0.378 e. The molecule has 0 unspecified atom stereocenters. The van der Waals surface area contributed by atoms with Crippen LogP contribution in [0.15, 0.2) is 48.5 Å². The van der Waals surface area contributed by atoms with E-state index in [1.807, 2.05) is 0 Å². The summed E-state index contributed by atoms with van der Waals surface area (Å²) in [6, 6.07) is 17.5. The van der Waals surface area contributed by atoms with Crippen LogP contribution >= 0.6 is 0 Å². The highest BCUT2D eigenvalue weighted by molar-refractivity contribution is 5.57. The Labute approximate surface area is 108 Å². The fraction of sp³-hybridized carbons (Fsp3) is 0.250. The zero-order chi connectivity index (χ0) is 12.5. The predicted molar refractivity (Wildman–Crippen MR) is 77.1 cm³/mol. The molecule has 2 heteroatoms. The lowest BCUT2D eigenvalue weighted by molar-refractivity contribution is 0.880. The van der Waals surface area contributed by atoms with Gasteiger partial charge in [-0.1, -0.05) is 24.3 Å². The number of benzene rings is 2. The van der Waals surface area contributed by atoms with E-state index in [-0.39, 0.29) is 0 Å². The Hall–Kier alpha value is -1.96. The zero-order valence-corrected chi connectivity index (χ0v) is 10.9. The molecule has 0 radical (unpaired) electrons. The molecule has 18 heavy (non-hydrogen) atoms. The van der Waals surface area contributed by atoms with E-state index in [1.54, 1.807) is 0 Å². The zero-order valence-electron chi connectivity index (χ0n) is 10.9. The Morgan fingerprint density at radius 1 is 0.833 bits per heavy atom. The van der Waals surface area contributed by atoms with Gasteiger partial charge in [0.1, 0.15) is 0 Å². The first-order chi connectivity index (χ1) is 8.74. The van der Waals surface area contributed by atoms with Gasteiger partial charge in [0.05, 0.1) is 0 Å². The summed E-state index contributed by atoms with van der Waals surface area (Å²) in [6.07, 6.45) is 0. The van der Waals surface area contributed by atoms with Crippen molar-refractivity contribution in [1.82, 2.24) is 0 Å². The molecule has 0 N–H and O–H groups in total. The quantitative estimate of drug-likeness (QED) is 0.792. The average Bonchev–Trinajstić information content (AvgIpc) is 2.82. The maximum atomic E-state index is 2.42. The van der Waals surface area contributed by atoms with Gasteiger partial charge in [-0.2, -0.15) is 0 Å². The van der Waals surface area contributed by atoms with Gasteiger partial charge in [-0.25, -0.2) is 0 Å². The van der Waals surface area contributed by atoms with Gasteiger partial charge in [0.25, 0.3) is 0 Å². The van der Waals surface area contributed by atoms with E-state index in [4.69, 9.17) is 0 Å². The molecule has 0 aromatic heterocycles. The number of fused-ring (bicyclic) bond motifs is 1. The van der Waals surface area contributed by atoms with Crippen LogP contribution in [0.5, 0.6) is 0 Å². The van der Waals surface area contributed by atoms with Gasteiger partial charge in [0, 0.05) is 38.6 Å². The van der Waals surface area contributed by atoms with Crippen LogP contribution in [0.1, 0.15) is 11.1 Å². The van der Waals surface area contributed by atoms with Gasteiger partial charge in [-0.05, 0) is 35.4 Å². The topological polar surface area (TPSA) is 6.48 Å². The van der Waals surface area contributed by atoms with Crippen LogP contribution in [0, 0.1) is 0 Å². The molecule has 2 aromatic carbocycles. The van der Waals surface area contributed by atoms with E-state index < -0.39 is 0 Å². The number of nitrogens with zero attached hydrogens (tertiary/aromatic N) is 2. The van der Waals surface area contributed by atoms with Crippen molar-refractivity contribution in [1.29, 1.82) is 0 Å². The Morgan fingerprint density at radius 2 is 1.39 bits per heavy atom. The molecule has 1 aliphatic heterocycles. The summed E-state index contributed by atoms with van der Waals surface area (Å²) in [5.41, 5.74) is 5.45. The van der Waals surface area contributed by atoms with Crippen LogP contribution in [-0.4, -0.2) is 14.1 Å². The third-order valence-corrected chi connectivity index (χ3v) is 3.57. The van der Waals surface area contributed by atoms with E-state index in [2.05, 4.69) is 72.4 Å². The highest BCUT2D eigenvalue weighted by Gasteiger charge is 2.18. The molecule has 0 fully saturated rings. The van der Waals surface area contributed by atoms with Crippen LogP contribution in [0.3, 0.4) is 0 Å². The van der Waals surface area contributed by atoms with Gasteiger partial charge in [0.15, 0.2) is 0 Å². The van der Waals surface area contributed by atoms with Crippen molar-refractivity contribution in [3.05, 3.63) is 59.7 Å². The van der Waals surface area contributed by atoms with E-state index in [0.29, 0.717) is 0 Å². The van der Waals surface area contributed by atoms with E-state index in [0.717, 1.165) is 13.1 Å². The lowest BCUT2D eigenvalue weighted by Gasteiger charge is -2.19. The first-order valence-corrected chi connectivity index (χ1v) is 6.33. The van der Waals surface area contributed by atoms with Crippen LogP contribution in [0.25, 0.3) is 0 Å². The van der Waals surface area contributed by atoms with E-state index in [9.17, 15) is 0 Å². The Kier molecular flexibility index (Phi) is 2.71. The van der Waals surface area contributed by atoms with Crippen LogP contribution in [0.2, 0.25) is 0 Å². The molecule has 0 amide bonds. The van der Waals surface area contributed by atoms with Crippen LogP contribution in [0.4, 0.5) is 11.4 Å². The third-order valence-electron chi connectivity index (χ3n) is 3.57. The lowest BCUT2D eigenvalue weighted by atomic mass is 10.1. The smallest absolute Gasteiger partial charge is 0.0436 e. The van der Waals surface area contributed by atoms with Gasteiger partial charge in [-0.3, -0.25) is 0 Å². The minimum Gasteiger partial charge on any atom is -0.378 e. The molecule has 1 aliphatic rings. The van der Waals surface area contributed by atoms with Gasteiger partial charge in [0.2, 0.25) is 0 Å². The van der Waals surface area contributed by atoms with E-state index >= 15 is 0 Å². The van der Waals surface area contributed by atoms with Crippen molar-refractivity contribution >= 4 is 11.4 Å². The average molecular weight is 238 g/mol. The van der Waals surface area contributed by atoms with Crippen molar-refractivity contribution in [3.8, 4) is 0 Å². The molecule has 92 valence electrons. The number of rotatable bonds is 2. The van der Waals surface area contributed by atoms with Crippen molar-refractivity contribution in [2.45, 2.75) is 13.1 Å². The first kappa shape index (κ1) is 11.1. The second-order valence-electron chi connectivity index (χ2n) is 5.04. The van der Waals surface area contributed by atoms with Crippen molar-refractivity contribution in [2.75, 3.05) is 23.9 Å². The normalized spacial score (nSPS) is 13.6. The van der Waals surface area contributed by atoms with Crippen molar-refractivity contribution in [3.63, 3.8) is 0 Å². The highest BCUT2D eigenvalue weighted by atomic mass is 15.1. The number of hydrogen-bond acceptors (Lipinski definition) is 2. The molecule has 2 aromatic rings. The molecular weight excluding hydrogens is 220 g/mol. The minimum absolute atomic E-state index is 1.03. The standard InChI is InChI=1S/C16H18N2/c1-17(2)15-7-9-16(10-8-15)18-11-13-5-3-4-6-14(13)12-18/h3-10H,11-12H2,1-2H3. The molecule has 2 nitrogen and oxygen atoms in total. The Bertz CT molecular complexity index is 518. The Balaban J connectivity index is 1.82. The second kappa shape index (κ2) is 4.37. The van der Waals surface area contributed by atoms with Gasteiger partial charge >= 0.3 is 0 Å². The molecule has 0 aliphatic carbocycles. The minimum atomic E-state index is 1.03. The summed E-state index contributed by atoms with van der Waals surface area (Å²) in [7, 11) is 4.14. The highest BCUT2D eigenvalue weighted by Crippen LogP contribution is 2.29. The molecule has 0 saturated heterocycles. The van der Waals surface area contributed by atoms with Crippen molar-refractivity contribution in [2.24, 2.45) is 0 Å². The molecule has 1 heterocycles. The fourth-order valence-corrected chi connectivity index (χ4v) is 2.48. The maximum absolute atomic E-state index is 2.42. The summed E-state index contributed by atoms with van der Waals surface area (Å²) in [5.74, 6) is 0. The Morgan fingerprint density at radius 3 is 1.89 bits per heavy atom. The molecule has 0 bridgehead atoms. The van der Waals surface area contributed by atoms with Crippen molar-refractivity contribution < 1.29 is 0 Å². The number of hydrogen-bond donors (Lipinski definition) is 0. The van der Waals surface area contributed by atoms with E-state index in [1.165, 1.54) is 22.5 Å². The first-order valence-electron chi connectivity index (χ1n) is 6.33. The molecule has 3 rings (SSSR count). The molecular formula is C16H18N2. The number of anilines is 2. The summed E-state index contributed by atoms with van der Waals surface area (Å²) in [4.78, 5) is 4.55. The summed E-state index contributed by atoms with van der Waals surface area (Å²) in [6.45, 7) is 2.05. The molecule has 0 saturated carbocycles. The predicted octanol–water partition coefficient (Wildman–Crippen LogP) is 3.27. The lowest BCUT2D eigenvalue weighted by Crippen LogP contribution is -2.15. The summed E-state index contributed by atoms with van der Waals surface area (Å²) in [5, 5.41) is 0. The van der Waals surface area contributed by atoms with Gasteiger partial charge in [-0.15, -0.1) is 0 Å². The molecule has 0 spiro atoms. The fourth-order valence-electron chi connectivity index (χ4n) is 2.48. The monoisotopic (exact) mass is 238 g/mol. The van der Waals surface area contributed by atoms with Crippen LogP contribution < -0.4 is 9.80 Å². The van der Waals surface area contributed by atoms with Crippen LogP contribution in [-0.2, 0) is 13.1 Å². The molecule has 0 atom stereocenters. The summed E-state index contributed by atoms with van der Waals surface area (Å²) < 4.78 is 0. The third kappa shape index (κ3) is 1.94. The van der Waals surface area contributed by atoms with Gasteiger partial charge < -0.3 is 9.80 Å².